The van der Waals surface area contributed by atoms with Crippen LogP contribution in [0.15, 0.2) is 18.6 Å². The molecule has 6 rings (SSSR count). The topological polar surface area (TPSA) is 72.3 Å². The summed E-state index contributed by atoms with van der Waals surface area (Å²) in [5, 5.41) is 3.72. The lowest BCUT2D eigenvalue weighted by Gasteiger charge is -2.23. The van der Waals surface area contributed by atoms with Crippen LogP contribution in [-0.2, 0) is 4.74 Å². The maximum atomic E-state index is 13.1. The third kappa shape index (κ3) is 3.32. The molecular formula is C20H27Cl2N5O2. The van der Waals surface area contributed by atoms with Crippen LogP contribution in [0.5, 0.6) is 0 Å². The third-order valence-electron chi connectivity index (χ3n) is 7.19. The fraction of sp³-hybridized carbons (Fsp3) is 0.650. The van der Waals surface area contributed by atoms with E-state index in [2.05, 4.69) is 19.9 Å². The highest BCUT2D eigenvalue weighted by Crippen LogP contribution is 2.43. The molecule has 1 N–H and O–H groups in total. The number of hydrogen-bond donors (Lipinski definition) is 1. The van der Waals surface area contributed by atoms with Gasteiger partial charge in [0.25, 0.3) is 5.91 Å². The van der Waals surface area contributed by atoms with Crippen molar-refractivity contribution in [2.24, 2.45) is 11.8 Å². The first-order valence-corrected chi connectivity index (χ1v) is 10.2. The van der Waals surface area contributed by atoms with Gasteiger partial charge in [0.1, 0.15) is 5.52 Å². The van der Waals surface area contributed by atoms with Crippen LogP contribution in [0, 0.1) is 11.8 Å². The van der Waals surface area contributed by atoms with Gasteiger partial charge in [-0.2, -0.15) is 0 Å². The predicted molar refractivity (Wildman–Crippen MR) is 114 cm³/mol. The van der Waals surface area contributed by atoms with E-state index >= 15 is 0 Å². The predicted octanol–water partition coefficient (Wildman–Crippen LogP) is 2.45. The molecule has 2 bridgehead atoms. The van der Waals surface area contributed by atoms with Crippen molar-refractivity contribution in [2.45, 2.75) is 43.8 Å². The van der Waals surface area contributed by atoms with Crippen LogP contribution in [0.4, 0.5) is 0 Å². The van der Waals surface area contributed by atoms with Crippen molar-refractivity contribution in [3.63, 3.8) is 0 Å². The van der Waals surface area contributed by atoms with Gasteiger partial charge in [0, 0.05) is 50.6 Å². The number of carbonyl (C=O) groups is 1. The fourth-order valence-corrected chi connectivity index (χ4v) is 5.80. The molecule has 0 saturated carbocycles. The molecule has 4 aliphatic heterocycles. The molecule has 4 atom stereocenters. The van der Waals surface area contributed by atoms with Crippen molar-refractivity contribution in [1.29, 1.82) is 0 Å². The van der Waals surface area contributed by atoms with Crippen LogP contribution < -0.4 is 5.32 Å². The number of ether oxygens (including phenoxy) is 1. The average Bonchev–Trinajstić information content (AvgIpc) is 3.48. The Morgan fingerprint density at radius 3 is 2.41 bits per heavy atom. The largest absolute Gasteiger partial charge is 0.381 e. The minimum Gasteiger partial charge on any atom is -0.381 e. The molecule has 6 heterocycles. The molecule has 0 aliphatic carbocycles. The van der Waals surface area contributed by atoms with Crippen LogP contribution in [0.3, 0.4) is 0 Å². The Morgan fingerprint density at radius 1 is 1.03 bits per heavy atom. The number of fused-ring (bicyclic) bond motifs is 6. The molecule has 158 valence electrons. The van der Waals surface area contributed by atoms with Crippen LogP contribution in [0.2, 0.25) is 0 Å². The summed E-state index contributed by atoms with van der Waals surface area (Å²) in [6.45, 7) is 3.34. The molecule has 0 spiro atoms. The van der Waals surface area contributed by atoms with Gasteiger partial charge >= 0.3 is 0 Å². The van der Waals surface area contributed by atoms with Crippen molar-refractivity contribution in [3.05, 3.63) is 24.2 Å². The van der Waals surface area contributed by atoms with E-state index in [1.807, 2.05) is 17.3 Å². The van der Waals surface area contributed by atoms with Crippen LogP contribution in [-0.4, -0.2) is 63.7 Å². The van der Waals surface area contributed by atoms with E-state index in [-0.39, 0.29) is 30.7 Å². The molecule has 4 aliphatic rings. The summed E-state index contributed by atoms with van der Waals surface area (Å²) in [6.07, 6.45) is 8.12. The van der Waals surface area contributed by atoms with E-state index in [0.29, 0.717) is 35.5 Å². The van der Waals surface area contributed by atoms with E-state index in [4.69, 9.17) is 4.74 Å². The smallest absolute Gasteiger partial charge is 0.255 e. The van der Waals surface area contributed by atoms with Gasteiger partial charge in [-0.3, -0.25) is 4.79 Å². The normalized spacial score (nSPS) is 30.8. The van der Waals surface area contributed by atoms with Crippen molar-refractivity contribution >= 4 is 41.9 Å². The quantitative estimate of drug-likeness (QED) is 0.777. The molecule has 4 fully saturated rings. The maximum Gasteiger partial charge on any atom is 0.255 e. The number of aromatic nitrogens is 3. The number of nitrogens with zero attached hydrogens (tertiary/aromatic N) is 4. The Bertz CT molecular complexity index is 882. The van der Waals surface area contributed by atoms with Crippen LogP contribution in [0.25, 0.3) is 11.2 Å². The first-order chi connectivity index (χ1) is 13.3. The third-order valence-corrected chi connectivity index (χ3v) is 7.19. The Labute approximate surface area is 182 Å². The minimum absolute atomic E-state index is 0. The lowest BCUT2D eigenvalue weighted by atomic mass is 9.82. The van der Waals surface area contributed by atoms with Gasteiger partial charge < -0.3 is 19.5 Å². The van der Waals surface area contributed by atoms with E-state index in [9.17, 15) is 4.79 Å². The fourth-order valence-electron chi connectivity index (χ4n) is 5.80. The summed E-state index contributed by atoms with van der Waals surface area (Å²) in [5.41, 5.74) is 2.35. The number of halogens is 2. The molecule has 0 radical (unpaired) electrons. The Morgan fingerprint density at radius 2 is 1.72 bits per heavy atom. The molecular weight excluding hydrogens is 413 g/mol. The number of carbonyl (C=O) groups excluding carboxylic acids is 1. The molecule has 2 aromatic rings. The zero-order valence-electron chi connectivity index (χ0n) is 16.2. The highest BCUT2D eigenvalue weighted by atomic mass is 35.5. The van der Waals surface area contributed by atoms with Gasteiger partial charge in [0.2, 0.25) is 0 Å². The van der Waals surface area contributed by atoms with Gasteiger partial charge in [-0.1, -0.05) is 0 Å². The van der Waals surface area contributed by atoms with Gasteiger partial charge in [-0.05, 0) is 43.6 Å². The Hall–Kier alpha value is -1.41. The number of imidazole rings is 1. The summed E-state index contributed by atoms with van der Waals surface area (Å²) in [6, 6.07) is 3.54. The first-order valence-electron chi connectivity index (χ1n) is 10.2. The van der Waals surface area contributed by atoms with Gasteiger partial charge in [0.15, 0.2) is 5.65 Å². The lowest BCUT2D eigenvalue weighted by Crippen LogP contribution is -2.34. The van der Waals surface area contributed by atoms with Gasteiger partial charge in [-0.15, -0.1) is 24.8 Å². The summed E-state index contributed by atoms with van der Waals surface area (Å²) >= 11 is 0. The number of likely N-dealkylation sites (tertiary alicyclic amines) is 1. The van der Waals surface area contributed by atoms with Crippen molar-refractivity contribution in [2.75, 3.05) is 26.3 Å². The second kappa shape index (κ2) is 8.02. The van der Waals surface area contributed by atoms with Crippen LogP contribution >= 0.6 is 24.8 Å². The average molecular weight is 440 g/mol. The SMILES string of the molecule is Cl.Cl.O=C(c1cnc2c(c1)ncn2C1CCOCC1)N1C[C@@H]2[C@H](C1)[C@@H]1CC[C@H]2N1. The molecule has 9 heteroatoms. The second-order valence-electron chi connectivity index (χ2n) is 8.56. The number of hydrogen-bond acceptors (Lipinski definition) is 5. The maximum absolute atomic E-state index is 13.1. The summed E-state index contributed by atoms with van der Waals surface area (Å²) in [7, 11) is 0. The van der Waals surface area contributed by atoms with E-state index in [1.165, 1.54) is 12.8 Å². The number of amides is 1. The lowest BCUT2D eigenvalue weighted by molar-refractivity contribution is 0.0704. The molecule has 7 nitrogen and oxygen atoms in total. The Balaban J connectivity index is 0.00000102. The van der Waals surface area contributed by atoms with Gasteiger partial charge in [0.05, 0.1) is 11.9 Å². The van der Waals surface area contributed by atoms with E-state index in [1.54, 1.807) is 6.20 Å². The first kappa shape index (κ1) is 20.8. The Kier molecular flexibility index (Phi) is 5.77. The zero-order chi connectivity index (χ0) is 18.0. The summed E-state index contributed by atoms with van der Waals surface area (Å²) in [5.74, 6) is 1.38. The van der Waals surface area contributed by atoms with Crippen molar-refractivity contribution in [1.82, 2.24) is 24.8 Å². The van der Waals surface area contributed by atoms with Gasteiger partial charge in [-0.25, -0.2) is 9.97 Å². The zero-order valence-corrected chi connectivity index (χ0v) is 17.8. The van der Waals surface area contributed by atoms with Crippen LogP contribution in [0.1, 0.15) is 42.1 Å². The monoisotopic (exact) mass is 439 g/mol. The highest BCUT2D eigenvalue weighted by Gasteiger charge is 2.52. The standard InChI is InChI=1S/C20H25N5O2.2ClH/c26-20(24-9-14-15(10-24)17-2-1-16(14)23-17)12-7-18-19(21-8-12)25(11-22-18)13-3-5-27-6-4-13;;/h7-8,11,13-17,23H,1-6,9-10H2;2*1H/t14-,15+,16-,17+;;. The molecule has 4 saturated heterocycles. The van der Waals surface area contributed by atoms with Crippen molar-refractivity contribution < 1.29 is 9.53 Å². The summed E-state index contributed by atoms with van der Waals surface area (Å²) < 4.78 is 7.61. The molecule has 1 amide bonds. The number of nitrogens with one attached hydrogen (secondary N) is 1. The highest BCUT2D eigenvalue weighted by molar-refractivity contribution is 5.96. The molecule has 0 unspecified atom stereocenters. The number of rotatable bonds is 2. The second-order valence-corrected chi connectivity index (χ2v) is 8.56. The minimum atomic E-state index is 0. The molecule has 2 aromatic heterocycles. The molecule has 0 aromatic carbocycles. The van der Waals surface area contributed by atoms with E-state index in [0.717, 1.165) is 50.3 Å². The van der Waals surface area contributed by atoms with E-state index < -0.39 is 0 Å². The summed E-state index contributed by atoms with van der Waals surface area (Å²) in [4.78, 5) is 24.3. The number of pyridine rings is 1. The van der Waals surface area contributed by atoms with Crippen molar-refractivity contribution in [3.8, 4) is 0 Å². The molecule has 29 heavy (non-hydrogen) atoms.